The lowest BCUT2D eigenvalue weighted by Crippen LogP contribution is -2.40. The fourth-order valence-corrected chi connectivity index (χ4v) is 6.03. The van der Waals surface area contributed by atoms with Gasteiger partial charge >= 0.3 is 5.97 Å². The van der Waals surface area contributed by atoms with E-state index in [0.29, 0.717) is 28.1 Å². The van der Waals surface area contributed by atoms with Crippen molar-refractivity contribution in [2.45, 2.75) is 6.42 Å². The van der Waals surface area contributed by atoms with Gasteiger partial charge in [0.1, 0.15) is 10.6 Å². The second-order valence-corrected chi connectivity index (χ2v) is 8.97. The number of nitrogens with zero attached hydrogens (tertiary/aromatic N) is 1. The summed E-state index contributed by atoms with van der Waals surface area (Å²) in [5, 5.41) is 1.82. The Morgan fingerprint density at radius 2 is 1.61 bits per heavy atom. The predicted octanol–water partition coefficient (Wildman–Crippen LogP) is 3.52. The number of amides is 2. The molecule has 2 bridgehead atoms. The summed E-state index contributed by atoms with van der Waals surface area (Å²) in [7, 11) is 0. The highest BCUT2D eigenvalue weighted by Crippen LogP contribution is 2.65. The van der Waals surface area contributed by atoms with Gasteiger partial charge in [-0.15, -0.1) is 11.3 Å². The molecule has 0 radical (unpaired) electrons. The molecule has 6 heteroatoms. The van der Waals surface area contributed by atoms with Gasteiger partial charge in [-0.05, 0) is 65.8 Å². The van der Waals surface area contributed by atoms with Crippen LogP contribution in [0.4, 0.5) is 5.69 Å². The number of ether oxygens (including phenoxy) is 1. The molecule has 2 amide bonds. The maximum atomic E-state index is 13.1. The van der Waals surface area contributed by atoms with Gasteiger partial charge in [0.25, 0.3) is 0 Å². The molecule has 1 aliphatic heterocycles. The Bertz CT molecular complexity index is 989. The highest BCUT2D eigenvalue weighted by atomic mass is 32.1. The van der Waals surface area contributed by atoms with Gasteiger partial charge < -0.3 is 4.74 Å². The normalized spacial score (nSPS) is 34.4. The van der Waals surface area contributed by atoms with Crippen LogP contribution in [-0.4, -0.2) is 17.8 Å². The molecule has 1 saturated heterocycles. The van der Waals surface area contributed by atoms with Crippen LogP contribution in [0.1, 0.15) is 16.1 Å². The molecular formula is C22H17NO4S. The van der Waals surface area contributed by atoms with Gasteiger partial charge in [0.05, 0.1) is 17.5 Å². The van der Waals surface area contributed by atoms with E-state index in [1.165, 1.54) is 16.2 Å². The molecule has 4 aliphatic carbocycles. The van der Waals surface area contributed by atoms with Gasteiger partial charge in [0.15, 0.2) is 0 Å². The first-order chi connectivity index (χ1) is 13.6. The van der Waals surface area contributed by atoms with E-state index in [9.17, 15) is 14.4 Å². The SMILES string of the molecule is O=C(Oc1ccc(N2C(=O)[C@@H]3[C@H]4C=C[C@@H]([C@@H]5C[C@H]45)[C@H]3C2=O)cc1)c1cccs1. The third-order valence-corrected chi connectivity index (χ3v) is 7.54. The van der Waals surface area contributed by atoms with Gasteiger partial charge in [0.2, 0.25) is 11.8 Å². The van der Waals surface area contributed by atoms with E-state index < -0.39 is 5.97 Å². The molecule has 3 fully saturated rings. The van der Waals surface area contributed by atoms with Crippen molar-refractivity contribution < 1.29 is 19.1 Å². The number of anilines is 1. The number of hydrogen-bond acceptors (Lipinski definition) is 5. The molecule has 6 atom stereocenters. The molecule has 0 unspecified atom stereocenters. The first-order valence-corrected chi connectivity index (χ1v) is 10.4. The Labute approximate surface area is 165 Å². The van der Waals surface area contributed by atoms with E-state index >= 15 is 0 Å². The Hall–Kier alpha value is -2.73. The average Bonchev–Trinajstić information content (AvgIpc) is 3.27. The second-order valence-electron chi connectivity index (χ2n) is 8.03. The second kappa shape index (κ2) is 5.64. The van der Waals surface area contributed by atoms with Crippen LogP contribution in [0.2, 0.25) is 0 Å². The van der Waals surface area contributed by atoms with E-state index in [1.807, 2.05) is 5.38 Å². The summed E-state index contributed by atoms with van der Waals surface area (Å²) in [5.41, 5.74) is 0.549. The van der Waals surface area contributed by atoms with Crippen molar-refractivity contribution in [2.24, 2.45) is 35.5 Å². The molecular weight excluding hydrogens is 374 g/mol. The van der Waals surface area contributed by atoms with Crippen LogP contribution in [0.3, 0.4) is 0 Å². The van der Waals surface area contributed by atoms with Crippen molar-refractivity contribution in [3.8, 4) is 5.75 Å². The molecule has 5 aliphatic rings. The standard InChI is InChI=1S/C22H17NO4S/c24-20-18-13-7-8-14(16-10-15(13)16)19(18)21(25)23(20)11-3-5-12(6-4-11)27-22(26)17-2-1-9-28-17/h1-9,13-16,18-19H,10H2/t13-,14-,15-,16+,18+,19+/m0/s1. The lowest BCUT2D eigenvalue weighted by molar-refractivity contribution is -0.124. The van der Waals surface area contributed by atoms with E-state index in [4.69, 9.17) is 4.74 Å². The summed E-state index contributed by atoms with van der Waals surface area (Å²) >= 11 is 1.32. The van der Waals surface area contributed by atoms with Crippen LogP contribution in [0.5, 0.6) is 5.75 Å². The van der Waals surface area contributed by atoms with Crippen LogP contribution in [0.25, 0.3) is 0 Å². The molecule has 2 aromatic rings. The largest absolute Gasteiger partial charge is 0.422 e. The van der Waals surface area contributed by atoms with Crippen molar-refractivity contribution in [3.63, 3.8) is 0 Å². The Kier molecular flexibility index (Phi) is 3.27. The zero-order chi connectivity index (χ0) is 19.0. The number of esters is 1. The minimum Gasteiger partial charge on any atom is -0.422 e. The first kappa shape index (κ1) is 16.2. The molecule has 1 aromatic carbocycles. The number of imide groups is 1. The average molecular weight is 391 g/mol. The zero-order valence-corrected chi connectivity index (χ0v) is 15.7. The zero-order valence-electron chi connectivity index (χ0n) is 14.9. The highest BCUT2D eigenvalue weighted by Gasteiger charge is 2.67. The Balaban J connectivity index is 1.25. The van der Waals surface area contributed by atoms with Crippen molar-refractivity contribution in [1.82, 2.24) is 0 Å². The Morgan fingerprint density at radius 3 is 2.18 bits per heavy atom. The molecule has 1 aromatic heterocycles. The van der Waals surface area contributed by atoms with Crippen molar-refractivity contribution >= 4 is 34.8 Å². The third-order valence-electron chi connectivity index (χ3n) is 6.69. The van der Waals surface area contributed by atoms with E-state index in [0.717, 1.165) is 6.42 Å². The van der Waals surface area contributed by atoms with E-state index in [2.05, 4.69) is 12.2 Å². The fourth-order valence-electron chi connectivity index (χ4n) is 5.43. The Morgan fingerprint density at radius 1 is 0.964 bits per heavy atom. The minimum atomic E-state index is -0.413. The van der Waals surface area contributed by atoms with Gasteiger partial charge in [-0.25, -0.2) is 4.79 Å². The molecule has 140 valence electrons. The van der Waals surface area contributed by atoms with Gasteiger partial charge in [-0.2, -0.15) is 0 Å². The summed E-state index contributed by atoms with van der Waals surface area (Å²) < 4.78 is 5.36. The molecule has 5 nitrogen and oxygen atoms in total. The maximum Gasteiger partial charge on any atom is 0.353 e. The van der Waals surface area contributed by atoms with E-state index in [-0.39, 0.29) is 35.5 Å². The van der Waals surface area contributed by atoms with Crippen LogP contribution >= 0.6 is 11.3 Å². The molecule has 0 spiro atoms. The van der Waals surface area contributed by atoms with Crippen LogP contribution in [-0.2, 0) is 9.59 Å². The minimum absolute atomic E-state index is 0.0805. The van der Waals surface area contributed by atoms with Crippen molar-refractivity contribution in [3.05, 3.63) is 58.8 Å². The number of hydrogen-bond donors (Lipinski definition) is 0. The van der Waals surface area contributed by atoms with Crippen molar-refractivity contribution in [2.75, 3.05) is 4.90 Å². The number of thiophene rings is 1. The monoisotopic (exact) mass is 391 g/mol. The quantitative estimate of drug-likeness (QED) is 0.348. The van der Waals surface area contributed by atoms with Crippen LogP contribution < -0.4 is 9.64 Å². The lowest BCUT2D eigenvalue weighted by Gasteiger charge is -2.37. The molecule has 0 N–H and O–H groups in total. The predicted molar refractivity (Wildman–Crippen MR) is 103 cm³/mol. The van der Waals surface area contributed by atoms with E-state index in [1.54, 1.807) is 36.4 Å². The number of carbonyl (C=O) groups excluding carboxylic acids is 3. The topological polar surface area (TPSA) is 63.7 Å². The number of allylic oxidation sites excluding steroid dienone is 2. The van der Waals surface area contributed by atoms with Gasteiger partial charge in [-0.1, -0.05) is 18.2 Å². The highest BCUT2D eigenvalue weighted by molar-refractivity contribution is 7.12. The third kappa shape index (κ3) is 2.15. The smallest absolute Gasteiger partial charge is 0.353 e. The summed E-state index contributed by atoms with van der Waals surface area (Å²) in [6.45, 7) is 0. The number of benzene rings is 1. The lowest BCUT2D eigenvalue weighted by atomic mass is 9.63. The van der Waals surface area contributed by atoms with Crippen LogP contribution in [0.15, 0.2) is 53.9 Å². The summed E-state index contributed by atoms with van der Waals surface area (Å²) in [4.78, 5) is 40.2. The first-order valence-electron chi connectivity index (χ1n) is 9.55. The van der Waals surface area contributed by atoms with Crippen molar-refractivity contribution in [1.29, 1.82) is 0 Å². The van der Waals surface area contributed by atoms with Gasteiger partial charge in [-0.3, -0.25) is 14.5 Å². The van der Waals surface area contributed by atoms with Crippen LogP contribution in [0, 0.1) is 35.5 Å². The molecule has 7 rings (SSSR count). The molecule has 2 saturated carbocycles. The van der Waals surface area contributed by atoms with Gasteiger partial charge in [0, 0.05) is 0 Å². The summed E-state index contributed by atoms with van der Waals surface area (Å²) in [6.07, 6.45) is 5.49. The summed E-state index contributed by atoms with van der Waals surface area (Å²) in [5.74, 6) is 1.01. The maximum absolute atomic E-state index is 13.1. The fraction of sp³-hybridized carbons (Fsp3) is 0.318. The molecule has 2 heterocycles. The number of rotatable bonds is 3. The summed E-state index contributed by atoms with van der Waals surface area (Å²) in [6, 6.07) is 10.1. The number of carbonyl (C=O) groups is 3. The molecule has 28 heavy (non-hydrogen) atoms.